The second kappa shape index (κ2) is 8.81. The molecule has 0 amide bonds. The Balaban J connectivity index is 1.21. The number of aryl methyl sites for hydroxylation is 1. The van der Waals surface area contributed by atoms with Crippen LogP contribution in [-0.4, -0.2) is 55.7 Å². The second-order valence-electron chi connectivity index (χ2n) is 10.0. The molecule has 5 aromatic rings. The van der Waals surface area contributed by atoms with Gasteiger partial charge >= 0.3 is 0 Å². The Morgan fingerprint density at radius 1 is 1.03 bits per heavy atom. The fraction of sp³-hybridized carbons (Fsp3) is 0.333. The summed E-state index contributed by atoms with van der Waals surface area (Å²) in [4.78, 5) is 8.20. The zero-order chi connectivity index (χ0) is 25.0. The average molecular weight is 516 g/mol. The Bertz CT molecular complexity index is 1620. The van der Waals surface area contributed by atoms with Crippen LogP contribution in [0.25, 0.3) is 27.8 Å². The number of hydrogen-bond acceptors (Lipinski definition) is 7. The van der Waals surface area contributed by atoms with Gasteiger partial charge in [-0.1, -0.05) is 0 Å². The van der Waals surface area contributed by atoms with Gasteiger partial charge in [0, 0.05) is 55.4 Å². The Morgan fingerprint density at radius 2 is 1.92 bits per heavy atom. The van der Waals surface area contributed by atoms with Gasteiger partial charge in [-0.05, 0) is 72.8 Å². The maximum atomic E-state index is 14.6. The Hall–Kier alpha value is -3.50. The molecule has 0 unspecified atom stereocenters. The molecule has 188 valence electrons. The maximum absolute atomic E-state index is 14.6. The monoisotopic (exact) mass is 515 g/mol. The van der Waals surface area contributed by atoms with Gasteiger partial charge in [0.05, 0.1) is 29.3 Å². The van der Waals surface area contributed by atoms with Crippen molar-refractivity contribution in [3.63, 3.8) is 0 Å². The SMILES string of the molecule is Cn1cc(-c2ccc(F)c3nnc(Sc4ccc5ncc(N6CCC7(CCOCC7)C6)cc5c4)n23)cn1. The maximum Gasteiger partial charge on any atom is 0.201 e. The highest BCUT2D eigenvalue weighted by molar-refractivity contribution is 7.99. The molecule has 7 rings (SSSR count). The van der Waals surface area contributed by atoms with E-state index in [1.54, 1.807) is 21.3 Å². The molecule has 0 radical (unpaired) electrons. The normalized spacial score (nSPS) is 17.4. The lowest BCUT2D eigenvalue weighted by Gasteiger charge is -2.33. The van der Waals surface area contributed by atoms with E-state index in [1.807, 2.05) is 31.6 Å². The molecule has 0 aliphatic carbocycles. The molecule has 1 aromatic carbocycles. The minimum absolute atomic E-state index is 0.199. The van der Waals surface area contributed by atoms with Crippen LogP contribution in [0.3, 0.4) is 0 Å². The van der Waals surface area contributed by atoms with E-state index in [2.05, 4.69) is 32.3 Å². The number of ether oxygens (including phenoxy) is 1. The van der Waals surface area contributed by atoms with Gasteiger partial charge in [-0.3, -0.25) is 14.1 Å². The number of aromatic nitrogens is 6. The Labute approximate surface area is 217 Å². The highest BCUT2D eigenvalue weighted by Crippen LogP contribution is 2.42. The third kappa shape index (κ3) is 4.04. The molecule has 2 aliphatic heterocycles. The lowest BCUT2D eigenvalue weighted by Crippen LogP contribution is -2.33. The first-order valence-electron chi connectivity index (χ1n) is 12.5. The number of nitrogens with zero attached hydrogens (tertiary/aromatic N) is 7. The summed E-state index contributed by atoms with van der Waals surface area (Å²) in [6.07, 6.45) is 9.13. The molecule has 2 saturated heterocycles. The van der Waals surface area contributed by atoms with Crippen molar-refractivity contribution in [3.05, 3.63) is 60.8 Å². The van der Waals surface area contributed by atoms with Gasteiger partial charge in [0.15, 0.2) is 11.5 Å². The number of fused-ring (bicyclic) bond motifs is 2. The van der Waals surface area contributed by atoms with Crippen LogP contribution in [0.5, 0.6) is 0 Å². The van der Waals surface area contributed by atoms with E-state index in [-0.39, 0.29) is 5.65 Å². The summed E-state index contributed by atoms with van der Waals surface area (Å²) < 4.78 is 23.7. The third-order valence-electron chi connectivity index (χ3n) is 7.68. The first-order valence-corrected chi connectivity index (χ1v) is 13.3. The molecular formula is C27H26FN7OS. The van der Waals surface area contributed by atoms with Crippen LogP contribution >= 0.6 is 11.8 Å². The van der Waals surface area contributed by atoms with Crippen molar-refractivity contribution in [3.8, 4) is 11.3 Å². The predicted molar refractivity (Wildman–Crippen MR) is 140 cm³/mol. The largest absolute Gasteiger partial charge is 0.381 e. The predicted octanol–water partition coefficient (Wildman–Crippen LogP) is 4.98. The number of benzene rings is 1. The van der Waals surface area contributed by atoms with Crippen LogP contribution in [0.15, 0.2) is 65.0 Å². The molecule has 0 saturated carbocycles. The molecule has 4 aromatic heterocycles. The van der Waals surface area contributed by atoms with Crippen LogP contribution < -0.4 is 4.90 Å². The van der Waals surface area contributed by atoms with Gasteiger partial charge < -0.3 is 9.64 Å². The minimum Gasteiger partial charge on any atom is -0.381 e. The molecule has 1 spiro atoms. The van der Waals surface area contributed by atoms with Crippen molar-refractivity contribution in [2.75, 3.05) is 31.2 Å². The molecule has 2 aliphatic rings. The molecule has 10 heteroatoms. The zero-order valence-electron chi connectivity index (χ0n) is 20.5. The van der Waals surface area contributed by atoms with Crippen LogP contribution in [0.4, 0.5) is 10.1 Å². The van der Waals surface area contributed by atoms with Gasteiger partial charge in [0.2, 0.25) is 5.16 Å². The van der Waals surface area contributed by atoms with Crippen molar-refractivity contribution in [1.82, 2.24) is 29.4 Å². The molecule has 0 bridgehead atoms. The summed E-state index contributed by atoms with van der Waals surface area (Å²) in [5.41, 5.74) is 4.34. The number of hydrogen-bond donors (Lipinski definition) is 0. The van der Waals surface area contributed by atoms with Gasteiger partial charge in [-0.25, -0.2) is 4.39 Å². The van der Waals surface area contributed by atoms with Crippen molar-refractivity contribution in [1.29, 1.82) is 0 Å². The highest BCUT2D eigenvalue weighted by atomic mass is 32.2. The van der Waals surface area contributed by atoms with E-state index < -0.39 is 5.82 Å². The van der Waals surface area contributed by atoms with Gasteiger partial charge in [-0.2, -0.15) is 5.10 Å². The number of anilines is 1. The summed E-state index contributed by atoms with van der Waals surface area (Å²) in [6.45, 7) is 3.85. The first kappa shape index (κ1) is 22.7. The van der Waals surface area contributed by atoms with E-state index in [4.69, 9.17) is 9.72 Å². The molecule has 0 atom stereocenters. The Kier molecular flexibility index (Phi) is 5.40. The van der Waals surface area contributed by atoms with E-state index in [0.717, 1.165) is 71.9 Å². The lowest BCUT2D eigenvalue weighted by atomic mass is 9.80. The Morgan fingerprint density at radius 3 is 2.76 bits per heavy atom. The summed E-state index contributed by atoms with van der Waals surface area (Å²) in [5.74, 6) is -0.410. The third-order valence-corrected chi connectivity index (χ3v) is 8.62. The van der Waals surface area contributed by atoms with Crippen molar-refractivity contribution in [2.45, 2.75) is 29.3 Å². The van der Waals surface area contributed by atoms with Crippen molar-refractivity contribution in [2.24, 2.45) is 12.5 Å². The first-order chi connectivity index (χ1) is 18.1. The summed E-state index contributed by atoms with van der Waals surface area (Å²) in [6, 6.07) is 11.6. The quantitative estimate of drug-likeness (QED) is 0.334. The number of rotatable bonds is 4. The smallest absolute Gasteiger partial charge is 0.201 e. The minimum atomic E-state index is -0.410. The van der Waals surface area contributed by atoms with Gasteiger partial charge in [0.1, 0.15) is 0 Å². The van der Waals surface area contributed by atoms with Gasteiger partial charge in [-0.15, -0.1) is 10.2 Å². The zero-order valence-corrected chi connectivity index (χ0v) is 21.3. The van der Waals surface area contributed by atoms with E-state index in [1.165, 1.54) is 24.2 Å². The van der Waals surface area contributed by atoms with E-state index >= 15 is 0 Å². The molecule has 0 N–H and O–H groups in total. The fourth-order valence-corrected chi connectivity index (χ4v) is 6.49. The van der Waals surface area contributed by atoms with E-state index in [0.29, 0.717) is 10.6 Å². The van der Waals surface area contributed by atoms with E-state index in [9.17, 15) is 4.39 Å². The lowest BCUT2D eigenvalue weighted by molar-refractivity contribution is 0.0254. The fourth-order valence-electron chi connectivity index (χ4n) is 5.60. The molecule has 6 heterocycles. The standard InChI is InChI=1S/C27H26FN7OS/c1-33-16-19(14-30-33)24-5-3-22(28)25-31-32-26(35(24)25)37-21-2-4-23-18(13-21)12-20(15-29-23)34-9-6-27(17-34)7-10-36-11-8-27/h2-5,12-16H,6-11,17H2,1H3. The van der Waals surface area contributed by atoms with Crippen molar-refractivity contribution < 1.29 is 9.13 Å². The number of pyridine rings is 2. The van der Waals surface area contributed by atoms with Crippen LogP contribution in [0, 0.1) is 11.2 Å². The summed E-state index contributed by atoms with van der Waals surface area (Å²) in [7, 11) is 1.86. The second-order valence-corrected chi connectivity index (χ2v) is 11.1. The van der Waals surface area contributed by atoms with Gasteiger partial charge in [0.25, 0.3) is 0 Å². The summed E-state index contributed by atoms with van der Waals surface area (Å²) in [5, 5.41) is 14.4. The molecule has 37 heavy (non-hydrogen) atoms. The van der Waals surface area contributed by atoms with Crippen molar-refractivity contribution >= 4 is 34.0 Å². The molecule has 8 nitrogen and oxygen atoms in total. The summed E-state index contributed by atoms with van der Waals surface area (Å²) >= 11 is 1.46. The van der Waals surface area contributed by atoms with Crippen LogP contribution in [0.1, 0.15) is 19.3 Å². The highest BCUT2D eigenvalue weighted by Gasteiger charge is 2.39. The van der Waals surface area contributed by atoms with Crippen LogP contribution in [0.2, 0.25) is 0 Å². The molecule has 2 fully saturated rings. The topological polar surface area (TPSA) is 73.4 Å². The van der Waals surface area contributed by atoms with Crippen LogP contribution in [-0.2, 0) is 11.8 Å². The number of halogens is 1. The average Bonchev–Trinajstić information content (AvgIpc) is 3.64. The molecular weight excluding hydrogens is 489 g/mol.